The van der Waals surface area contributed by atoms with Crippen molar-refractivity contribution in [3.8, 4) is 17.2 Å². The molecule has 0 bridgehead atoms. The van der Waals surface area contributed by atoms with Crippen molar-refractivity contribution in [1.82, 2.24) is 16.1 Å². The summed E-state index contributed by atoms with van der Waals surface area (Å²) in [5.41, 5.74) is 5.70. The molecule has 1 aliphatic heterocycles. The molecule has 0 radical (unpaired) electrons. The van der Waals surface area contributed by atoms with Gasteiger partial charge in [-0.05, 0) is 55.7 Å². The molecule has 1 heterocycles. The van der Waals surface area contributed by atoms with Crippen LogP contribution in [0.15, 0.2) is 52.8 Å². The van der Waals surface area contributed by atoms with Crippen molar-refractivity contribution >= 4 is 18.2 Å². The lowest BCUT2D eigenvalue weighted by Crippen LogP contribution is -2.45. The van der Waals surface area contributed by atoms with Crippen LogP contribution in [-0.2, 0) is 9.53 Å². The number of rotatable bonds is 11. The van der Waals surface area contributed by atoms with Crippen LogP contribution in [-0.4, -0.2) is 57.0 Å². The van der Waals surface area contributed by atoms with Crippen molar-refractivity contribution in [2.75, 3.05) is 27.4 Å². The Kier molecular flexibility index (Phi) is 9.33. The first-order valence-corrected chi connectivity index (χ1v) is 11.6. The quantitative estimate of drug-likeness (QED) is 0.156. The van der Waals surface area contributed by atoms with Crippen molar-refractivity contribution in [1.29, 1.82) is 0 Å². The molecule has 198 valence electrons. The number of carbonyl (C=O) groups is 2. The van der Waals surface area contributed by atoms with Gasteiger partial charge in [-0.2, -0.15) is 5.10 Å². The van der Waals surface area contributed by atoms with Gasteiger partial charge < -0.3 is 34.7 Å². The molecule has 0 spiro atoms. The number of aliphatic hydroxyl groups is 1. The van der Waals surface area contributed by atoms with Gasteiger partial charge in [0.1, 0.15) is 12.4 Å². The van der Waals surface area contributed by atoms with E-state index in [4.69, 9.17) is 18.9 Å². The van der Waals surface area contributed by atoms with Crippen molar-refractivity contribution in [2.24, 2.45) is 5.10 Å². The number of urea groups is 1. The molecule has 0 saturated heterocycles. The van der Waals surface area contributed by atoms with Gasteiger partial charge in [0.2, 0.25) is 0 Å². The van der Waals surface area contributed by atoms with E-state index in [1.165, 1.54) is 7.11 Å². The number of ether oxygens (including phenoxy) is 4. The van der Waals surface area contributed by atoms with Gasteiger partial charge in [-0.3, -0.25) is 5.43 Å². The summed E-state index contributed by atoms with van der Waals surface area (Å²) in [7, 11) is 2.88. The number of hydrogen-bond acceptors (Lipinski definition) is 9. The van der Waals surface area contributed by atoms with Gasteiger partial charge >= 0.3 is 12.0 Å². The van der Waals surface area contributed by atoms with E-state index in [1.807, 2.05) is 32.0 Å². The fraction of sp³-hybridized carbons (Fsp3) is 0.346. The number of nitrogens with zero attached hydrogens (tertiary/aromatic N) is 1. The maximum Gasteiger partial charge on any atom is 0.337 e. The third-order valence-electron chi connectivity index (χ3n) is 5.54. The van der Waals surface area contributed by atoms with Crippen LogP contribution >= 0.6 is 0 Å². The molecule has 0 aliphatic carbocycles. The highest BCUT2D eigenvalue weighted by molar-refractivity contribution is 5.95. The molecule has 2 atom stereocenters. The molecule has 37 heavy (non-hydrogen) atoms. The summed E-state index contributed by atoms with van der Waals surface area (Å²) in [6.45, 7) is 5.62. The number of benzene rings is 2. The second-order valence-corrected chi connectivity index (χ2v) is 8.14. The molecule has 1 aliphatic rings. The van der Waals surface area contributed by atoms with Crippen LogP contribution < -0.4 is 30.3 Å². The molecule has 3 rings (SSSR count). The Morgan fingerprint density at radius 2 is 1.92 bits per heavy atom. The van der Waals surface area contributed by atoms with E-state index in [-0.39, 0.29) is 12.2 Å². The Balaban J connectivity index is 1.70. The van der Waals surface area contributed by atoms with Gasteiger partial charge in [0.25, 0.3) is 0 Å². The maximum atomic E-state index is 12.4. The molecular formula is C26H32N4O7. The van der Waals surface area contributed by atoms with E-state index < -0.39 is 24.3 Å². The minimum Gasteiger partial charge on any atom is -0.496 e. The molecule has 2 aromatic rings. The van der Waals surface area contributed by atoms with E-state index in [1.54, 1.807) is 38.4 Å². The third-order valence-corrected chi connectivity index (χ3v) is 5.54. The predicted octanol–water partition coefficient (Wildman–Crippen LogP) is 2.52. The maximum absolute atomic E-state index is 12.4. The van der Waals surface area contributed by atoms with Crippen molar-refractivity contribution in [3.63, 3.8) is 0 Å². The molecule has 11 heteroatoms. The SMILES string of the molecule is CCOc1cc([C@H]2NC(=O)NC(C)=C2C(=O)OC)ccc1OC[C@@H](O)N/N=C/c1ccc(C)c(OC)c1. The molecule has 2 amide bonds. The first-order chi connectivity index (χ1) is 17.8. The summed E-state index contributed by atoms with van der Waals surface area (Å²) in [4.78, 5) is 24.4. The minimum absolute atomic E-state index is 0.121. The number of hydrogen-bond donors (Lipinski definition) is 4. The van der Waals surface area contributed by atoms with E-state index >= 15 is 0 Å². The molecule has 0 unspecified atom stereocenters. The zero-order valence-electron chi connectivity index (χ0n) is 21.5. The summed E-state index contributed by atoms with van der Waals surface area (Å²) in [5, 5.41) is 19.6. The fourth-order valence-corrected chi connectivity index (χ4v) is 3.74. The largest absolute Gasteiger partial charge is 0.496 e. The highest BCUT2D eigenvalue weighted by Gasteiger charge is 2.32. The van der Waals surface area contributed by atoms with Crippen molar-refractivity contribution in [2.45, 2.75) is 33.0 Å². The first-order valence-electron chi connectivity index (χ1n) is 11.6. The van der Waals surface area contributed by atoms with Gasteiger partial charge in [-0.25, -0.2) is 9.59 Å². The van der Waals surface area contributed by atoms with Crippen LogP contribution in [0.25, 0.3) is 0 Å². The van der Waals surface area contributed by atoms with Gasteiger partial charge in [-0.15, -0.1) is 0 Å². The predicted molar refractivity (Wildman–Crippen MR) is 137 cm³/mol. The molecule has 0 aromatic heterocycles. The molecule has 4 N–H and O–H groups in total. The standard InChI is InChI=1S/C26H32N4O7/c1-6-36-21-12-18(24-23(25(32)35-5)16(3)28-26(33)29-24)9-10-19(21)37-14-22(31)30-27-13-17-8-7-15(2)20(11-17)34-4/h7-13,22,24,30-31H,6,14H2,1-5H3,(H2,28,29,33)/b27-13+/t22-,24-/m1/s1. The number of allylic oxidation sites excluding steroid dienone is 1. The number of carbonyl (C=O) groups excluding carboxylic acids is 2. The van der Waals surface area contributed by atoms with Gasteiger partial charge in [-0.1, -0.05) is 18.2 Å². The van der Waals surface area contributed by atoms with Crippen LogP contribution in [0.5, 0.6) is 17.2 Å². The lowest BCUT2D eigenvalue weighted by molar-refractivity contribution is -0.136. The number of aliphatic hydroxyl groups excluding tert-OH is 1. The van der Waals surface area contributed by atoms with Crippen LogP contribution in [0.4, 0.5) is 4.79 Å². The van der Waals surface area contributed by atoms with Gasteiger partial charge in [0.05, 0.1) is 38.7 Å². The van der Waals surface area contributed by atoms with Crippen LogP contribution in [0.3, 0.4) is 0 Å². The normalized spacial score (nSPS) is 16.1. The average molecular weight is 513 g/mol. The smallest absolute Gasteiger partial charge is 0.337 e. The van der Waals surface area contributed by atoms with Crippen LogP contribution in [0.2, 0.25) is 0 Å². The van der Waals surface area contributed by atoms with Gasteiger partial charge in [0, 0.05) is 5.70 Å². The minimum atomic E-state index is -1.10. The third kappa shape index (κ3) is 6.91. The second kappa shape index (κ2) is 12.6. The molecule has 0 fully saturated rings. The highest BCUT2D eigenvalue weighted by Crippen LogP contribution is 2.34. The fourth-order valence-electron chi connectivity index (χ4n) is 3.74. The zero-order chi connectivity index (χ0) is 26.9. The number of methoxy groups -OCH3 is 2. The van der Waals surface area contributed by atoms with E-state index in [2.05, 4.69) is 21.2 Å². The Hall–Kier alpha value is -4.25. The second-order valence-electron chi connectivity index (χ2n) is 8.14. The van der Waals surface area contributed by atoms with E-state index in [0.29, 0.717) is 29.4 Å². The van der Waals surface area contributed by atoms with Crippen molar-refractivity contribution < 1.29 is 33.6 Å². The Labute approximate surface area is 215 Å². The van der Waals surface area contributed by atoms with Gasteiger partial charge in [0.15, 0.2) is 17.7 Å². The lowest BCUT2D eigenvalue weighted by atomic mass is 9.95. The molecule has 2 aromatic carbocycles. The average Bonchev–Trinajstić information content (AvgIpc) is 2.88. The van der Waals surface area contributed by atoms with Crippen LogP contribution in [0.1, 0.15) is 36.6 Å². The van der Waals surface area contributed by atoms with E-state index in [9.17, 15) is 14.7 Å². The van der Waals surface area contributed by atoms with Crippen LogP contribution in [0, 0.1) is 6.92 Å². The summed E-state index contributed by atoms with van der Waals surface area (Å²) in [6, 6.07) is 9.48. The topological polar surface area (TPSA) is 140 Å². The number of aryl methyl sites for hydroxylation is 1. The molecule has 0 saturated carbocycles. The summed E-state index contributed by atoms with van der Waals surface area (Å²) < 4.78 is 21.7. The van der Waals surface area contributed by atoms with Crippen molar-refractivity contribution in [3.05, 3.63) is 64.4 Å². The molecule has 11 nitrogen and oxygen atoms in total. The Morgan fingerprint density at radius 1 is 1.14 bits per heavy atom. The first kappa shape index (κ1) is 27.3. The monoisotopic (exact) mass is 512 g/mol. The number of hydrazone groups is 1. The van der Waals surface area contributed by atoms with E-state index in [0.717, 1.165) is 16.9 Å². The highest BCUT2D eigenvalue weighted by atomic mass is 16.5. The number of esters is 1. The number of nitrogens with one attached hydrogen (secondary N) is 3. The lowest BCUT2D eigenvalue weighted by Gasteiger charge is -2.28. The summed E-state index contributed by atoms with van der Waals surface area (Å²) in [6.07, 6.45) is 0.464. The summed E-state index contributed by atoms with van der Waals surface area (Å²) in [5.74, 6) is 0.941. The Bertz CT molecular complexity index is 1200. The molecular weight excluding hydrogens is 480 g/mol. The Morgan fingerprint density at radius 3 is 2.62 bits per heavy atom. The number of amides is 2. The zero-order valence-corrected chi connectivity index (χ0v) is 21.5. The summed E-state index contributed by atoms with van der Waals surface area (Å²) >= 11 is 0.